The van der Waals surface area contributed by atoms with Crippen LogP contribution in [0.25, 0.3) is 0 Å². The summed E-state index contributed by atoms with van der Waals surface area (Å²) in [4.78, 5) is 29.7. The quantitative estimate of drug-likeness (QED) is 0.866. The molecule has 27 heavy (non-hydrogen) atoms. The first-order valence-electron chi connectivity index (χ1n) is 10.4. The van der Waals surface area contributed by atoms with E-state index in [9.17, 15) is 9.59 Å². The first kappa shape index (κ1) is 19.9. The minimum absolute atomic E-state index is 0.0431. The van der Waals surface area contributed by atoms with Gasteiger partial charge in [-0.15, -0.1) is 0 Å². The molecule has 0 bridgehead atoms. The minimum Gasteiger partial charge on any atom is -0.342 e. The van der Waals surface area contributed by atoms with Gasteiger partial charge in [-0.1, -0.05) is 24.6 Å². The number of rotatable bonds is 5. The molecule has 0 saturated carbocycles. The molecule has 1 aromatic rings. The van der Waals surface area contributed by atoms with Crippen molar-refractivity contribution in [3.05, 3.63) is 35.4 Å². The summed E-state index contributed by atoms with van der Waals surface area (Å²) in [7, 11) is 0. The fraction of sp³-hybridized carbons (Fsp3) is 0.636. The lowest BCUT2D eigenvalue weighted by Crippen LogP contribution is -2.49. The smallest absolute Gasteiger partial charge is 0.253 e. The molecule has 1 atom stereocenters. The van der Waals surface area contributed by atoms with Crippen LogP contribution in [0.5, 0.6) is 0 Å². The number of piperidine rings is 2. The lowest BCUT2D eigenvalue weighted by Gasteiger charge is -2.38. The van der Waals surface area contributed by atoms with Crippen LogP contribution in [0.3, 0.4) is 0 Å². The molecule has 5 nitrogen and oxygen atoms in total. The Morgan fingerprint density at radius 3 is 2.41 bits per heavy atom. The molecule has 2 amide bonds. The number of likely N-dealkylation sites (tertiary alicyclic amines) is 2. The SMILES string of the molecule is CCNCC1CCN(C(=O)C2CCCN(C(=O)c3ccc(C)cc3)C2)CC1. The van der Waals surface area contributed by atoms with E-state index in [0.29, 0.717) is 12.5 Å². The maximum Gasteiger partial charge on any atom is 0.253 e. The van der Waals surface area contributed by atoms with E-state index in [1.165, 1.54) is 0 Å². The van der Waals surface area contributed by atoms with Gasteiger partial charge in [-0.3, -0.25) is 9.59 Å². The Balaban J connectivity index is 1.54. The molecule has 3 rings (SSSR count). The third-order valence-electron chi connectivity index (χ3n) is 5.97. The Bertz CT molecular complexity index is 635. The summed E-state index contributed by atoms with van der Waals surface area (Å²) >= 11 is 0. The van der Waals surface area contributed by atoms with E-state index in [2.05, 4.69) is 12.2 Å². The normalized spacial score (nSPS) is 21.3. The largest absolute Gasteiger partial charge is 0.342 e. The predicted molar refractivity (Wildman–Crippen MR) is 108 cm³/mol. The molecule has 1 N–H and O–H groups in total. The van der Waals surface area contributed by atoms with Crippen molar-refractivity contribution >= 4 is 11.8 Å². The Morgan fingerprint density at radius 2 is 1.74 bits per heavy atom. The predicted octanol–water partition coefficient (Wildman–Crippen LogP) is 2.70. The average molecular weight is 372 g/mol. The Hall–Kier alpha value is -1.88. The van der Waals surface area contributed by atoms with Crippen molar-refractivity contribution in [2.75, 3.05) is 39.3 Å². The van der Waals surface area contributed by atoms with Crippen molar-refractivity contribution < 1.29 is 9.59 Å². The molecule has 2 saturated heterocycles. The van der Waals surface area contributed by atoms with Crippen LogP contribution in [0.15, 0.2) is 24.3 Å². The highest BCUT2D eigenvalue weighted by Gasteiger charge is 2.33. The first-order chi connectivity index (χ1) is 13.1. The molecule has 2 fully saturated rings. The second-order valence-electron chi connectivity index (χ2n) is 8.03. The Kier molecular flexibility index (Phi) is 6.89. The fourth-order valence-corrected chi connectivity index (χ4v) is 4.21. The molecule has 0 radical (unpaired) electrons. The molecule has 5 heteroatoms. The van der Waals surface area contributed by atoms with Gasteiger partial charge in [-0.2, -0.15) is 0 Å². The monoisotopic (exact) mass is 371 g/mol. The fourth-order valence-electron chi connectivity index (χ4n) is 4.21. The van der Waals surface area contributed by atoms with E-state index in [0.717, 1.165) is 69.5 Å². The summed E-state index contributed by atoms with van der Waals surface area (Å²) in [6, 6.07) is 7.71. The first-order valence-corrected chi connectivity index (χ1v) is 10.4. The number of benzene rings is 1. The summed E-state index contributed by atoms with van der Waals surface area (Å²) in [6.07, 6.45) is 3.97. The lowest BCUT2D eigenvalue weighted by molar-refractivity contribution is -0.138. The summed E-state index contributed by atoms with van der Waals surface area (Å²) in [5, 5.41) is 3.42. The van der Waals surface area contributed by atoms with Crippen molar-refractivity contribution in [3.8, 4) is 0 Å². The maximum absolute atomic E-state index is 13.0. The van der Waals surface area contributed by atoms with Gasteiger partial charge in [0, 0.05) is 31.7 Å². The van der Waals surface area contributed by atoms with E-state index in [1.807, 2.05) is 41.0 Å². The topological polar surface area (TPSA) is 52.7 Å². The highest BCUT2D eigenvalue weighted by molar-refractivity contribution is 5.94. The van der Waals surface area contributed by atoms with Crippen LogP contribution >= 0.6 is 0 Å². The zero-order valence-electron chi connectivity index (χ0n) is 16.7. The number of nitrogens with one attached hydrogen (secondary N) is 1. The number of carbonyl (C=O) groups excluding carboxylic acids is 2. The van der Waals surface area contributed by atoms with E-state index in [1.54, 1.807) is 0 Å². The highest BCUT2D eigenvalue weighted by Crippen LogP contribution is 2.24. The van der Waals surface area contributed by atoms with Gasteiger partial charge in [-0.25, -0.2) is 0 Å². The van der Waals surface area contributed by atoms with Gasteiger partial charge in [0.2, 0.25) is 5.91 Å². The number of aryl methyl sites for hydroxylation is 1. The van der Waals surface area contributed by atoms with Gasteiger partial charge >= 0.3 is 0 Å². The van der Waals surface area contributed by atoms with Gasteiger partial charge in [-0.05, 0) is 63.7 Å². The molecule has 148 valence electrons. The molecule has 0 aromatic heterocycles. The molecular formula is C22H33N3O2. The van der Waals surface area contributed by atoms with E-state index in [4.69, 9.17) is 0 Å². The Labute approximate surface area is 163 Å². The van der Waals surface area contributed by atoms with Crippen molar-refractivity contribution in [3.63, 3.8) is 0 Å². The third kappa shape index (κ3) is 5.10. The summed E-state index contributed by atoms with van der Waals surface area (Å²) in [6.45, 7) is 9.24. The second kappa shape index (κ2) is 9.36. The highest BCUT2D eigenvalue weighted by atomic mass is 16.2. The molecule has 2 aliphatic heterocycles. The van der Waals surface area contributed by atoms with Gasteiger partial charge < -0.3 is 15.1 Å². The Morgan fingerprint density at radius 1 is 1.04 bits per heavy atom. The molecule has 2 heterocycles. The van der Waals surface area contributed by atoms with Crippen LogP contribution in [0, 0.1) is 18.8 Å². The van der Waals surface area contributed by atoms with Crippen LogP contribution < -0.4 is 5.32 Å². The van der Waals surface area contributed by atoms with E-state index < -0.39 is 0 Å². The summed E-state index contributed by atoms with van der Waals surface area (Å²) in [5.41, 5.74) is 1.87. The van der Waals surface area contributed by atoms with Gasteiger partial charge in [0.15, 0.2) is 0 Å². The van der Waals surface area contributed by atoms with Crippen LogP contribution in [-0.4, -0.2) is 60.9 Å². The van der Waals surface area contributed by atoms with Crippen LogP contribution in [-0.2, 0) is 4.79 Å². The molecule has 0 aliphatic carbocycles. The van der Waals surface area contributed by atoms with Crippen LogP contribution in [0.4, 0.5) is 0 Å². The molecule has 1 unspecified atom stereocenters. The molecule has 0 spiro atoms. The molecular weight excluding hydrogens is 338 g/mol. The van der Waals surface area contributed by atoms with Crippen LogP contribution in [0.1, 0.15) is 48.5 Å². The number of carbonyl (C=O) groups is 2. The number of amides is 2. The number of nitrogens with zero attached hydrogens (tertiary/aromatic N) is 2. The second-order valence-corrected chi connectivity index (χ2v) is 8.03. The van der Waals surface area contributed by atoms with Crippen molar-refractivity contribution in [2.24, 2.45) is 11.8 Å². The minimum atomic E-state index is -0.0431. The lowest BCUT2D eigenvalue weighted by atomic mass is 9.92. The average Bonchev–Trinajstić information content (AvgIpc) is 2.72. The molecule has 1 aromatic carbocycles. The standard InChI is InChI=1S/C22H33N3O2/c1-3-23-15-18-10-13-24(14-11-18)22(27)20-5-4-12-25(16-20)21(26)19-8-6-17(2)7-9-19/h6-9,18,20,23H,3-5,10-16H2,1-2H3. The van der Waals surface area contributed by atoms with Gasteiger partial charge in [0.05, 0.1) is 5.92 Å². The third-order valence-corrected chi connectivity index (χ3v) is 5.97. The zero-order chi connectivity index (χ0) is 19.2. The zero-order valence-corrected chi connectivity index (χ0v) is 16.7. The van der Waals surface area contributed by atoms with E-state index >= 15 is 0 Å². The number of hydrogen-bond donors (Lipinski definition) is 1. The van der Waals surface area contributed by atoms with E-state index in [-0.39, 0.29) is 17.7 Å². The molecule has 2 aliphatic rings. The number of hydrogen-bond acceptors (Lipinski definition) is 3. The van der Waals surface area contributed by atoms with Crippen LogP contribution in [0.2, 0.25) is 0 Å². The van der Waals surface area contributed by atoms with Crippen molar-refractivity contribution in [2.45, 2.75) is 39.5 Å². The van der Waals surface area contributed by atoms with Gasteiger partial charge in [0.1, 0.15) is 0 Å². The van der Waals surface area contributed by atoms with Gasteiger partial charge in [0.25, 0.3) is 5.91 Å². The van der Waals surface area contributed by atoms with Crippen molar-refractivity contribution in [1.82, 2.24) is 15.1 Å². The van der Waals surface area contributed by atoms with Crippen molar-refractivity contribution in [1.29, 1.82) is 0 Å². The summed E-state index contributed by atoms with van der Waals surface area (Å²) in [5.74, 6) is 0.939. The summed E-state index contributed by atoms with van der Waals surface area (Å²) < 4.78 is 0. The maximum atomic E-state index is 13.0.